The molecule has 1 aliphatic rings. The maximum atomic E-state index is 13.7. The third-order valence-electron chi connectivity index (χ3n) is 4.29. The molecule has 132 valence electrons. The number of carbonyl (C=O) groups excluding carboxylic acids is 1. The van der Waals surface area contributed by atoms with Crippen molar-refractivity contribution in [1.82, 2.24) is 15.4 Å². The lowest BCUT2D eigenvalue weighted by Gasteiger charge is -2.36. The van der Waals surface area contributed by atoms with Crippen LogP contribution in [0.15, 0.2) is 36.5 Å². The number of benzene rings is 1. The van der Waals surface area contributed by atoms with Gasteiger partial charge in [-0.2, -0.15) is 4.98 Å². The molecular weight excluding hydrogens is 327 g/mol. The highest BCUT2D eigenvalue weighted by Gasteiger charge is 2.42. The number of hydrogen-bond donors (Lipinski definition) is 2. The number of halogens is 1. The predicted octanol–water partition coefficient (Wildman–Crippen LogP) is 1.82. The van der Waals surface area contributed by atoms with Crippen molar-refractivity contribution in [3.8, 4) is 5.88 Å². The third kappa shape index (κ3) is 3.69. The van der Waals surface area contributed by atoms with Crippen molar-refractivity contribution < 1.29 is 18.7 Å². The molecule has 3 rings (SSSR count). The van der Waals surface area contributed by atoms with E-state index in [1.807, 2.05) is 0 Å². The van der Waals surface area contributed by atoms with Crippen LogP contribution in [0.3, 0.4) is 0 Å². The number of amides is 1. The van der Waals surface area contributed by atoms with Gasteiger partial charge in [-0.05, 0) is 30.5 Å². The molecule has 0 saturated carbocycles. The first-order chi connectivity index (χ1) is 12.1. The molecule has 1 aliphatic heterocycles. The van der Waals surface area contributed by atoms with Crippen LogP contribution in [0, 0.1) is 5.82 Å². The number of carbonyl (C=O) groups is 1. The molecule has 1 saturated heterocycles. The van der Waals surface area contributed by atoms with Crippen LogP contribution < -0.4 is 15.6 Å². The standard InChI is InChI=1S/C17H19FN4O3/c1-24-14-5-8-19-16(20-14)22-21-15(23)17(6-9-25-10-7-17)12-3-2-4-13(18)11-12/h2-5,8,11H,6-7,9-10H2,1H3,(H,21,23)(H,19,20,22). The smallest absolute Gasteiger partial charge is 0.249 e. The summed E-state index contributed by atoms with van der Waals surface area (Å²) in [6, 6.07) is 7.72. The van der Waals surface area contributed by atoms with Crippen molar-refractivity contribution in [2.75, 3.05) is 25.7 Å². The lowest BCUT2D eigenvalue weighted by molar-refractivity contribution is -0.130. The van der Waals surface area contributed by atoms with E-state index in [0.29, 0.717) is 37.5 Å². The van der Waals surface area contributed by atoms with Crippen LogP contribution in [0.1, 0.15) is 18.4 Å². The zero-order chi connectivity index (χ0) is 17.7. The SMILES string of the molecule is COc1ccnc(NNC(=O)C2(c3cccc(F)c3)CCOCC2)n1. The van der Waals surface area contributed by atoms with Crippen molar-refractivity contribution >= 4 is 11.9 Å². The van der Waals surface area contributed by atoms with Crippen LogP contribution in [0.25, 0.3) is 0 Å². The molecule has 8 heteroatoms. The molecule has 25 heavy (non-hydrogen) atoms. The Kier molecular flexibility index (Phi) is 5.08. The van der Waals surface area contributed by atoms with Crippen LogP contribution in [0.4, 0.5) is 10.3 Å². The maximum absolute atomic E-state index is 13.7. The van der Waals surface area contributed by atoms with Crippen LogP contribution in [-0.4, -0.2) is 36.2 Å². The molecular formula is C17H19FN4O3. The lowest BCUT2D eigenvalue weighted by Crippen LogP contribution is -2.49. The Hall–Kier alpha value is -2.74. The number of methoxy groups -OCH3 is 1. The van der Waals surface area contributed by atoms with Crippen molar-refractivity contribution in [2.45, 2.75) is 18.3 Å². The highest BCUT2D eigenvalue weighted by Crippen LogP contribution is 2.35. The average Bonchev–Trinajstić information content (AvgIpc) is 2.66. The fraction of sp³-hybridized carbons (Fsp3) is 0.353. The van der Waals surface area contributed by atoms with Crippen molar-refractivity contribution in [2.24, 2.45) is 0 Å². The van der Waals surface area contributed by atoms with Crippen LogP contribution in [0.5, 0.6) is 5.88 Å². The first kappa shape index (κ1) is 17.1. The van der Waals surface area contributed by atoms with Gasteiger partial charge < -0.3 is 9.47 Å². The lowest BCUT2D eigenvalue weighted by atomic mass is 9.73. The second kappa shape index (κ2) is 7.43. The highest BCUT2D eigenvalue weighted by molar-refractivity contribution is 5.89. The third-order valence-corrected chi connectivity index (χ3v) is 4.29. The molecule has 0 unspecified atom stereocenters. The predicted molar refractivity (Wildman–Crippen MR) is 88.5 cm³/mol. The van der Waals surface area contributed by atoms with Gasteiger partial charge in [0.25, 0.3) is 0 Å². The number of aromatic nitrogens is 2. The molecule has 1 amide bonds. The molecule has 7 nitrogen and oxygen atoms in total. The summed E-state index contributed by atoms with van der Waals surface area (Å²) >= 11 is 0. The molecule has 0 atom stereocenters. The Morgan fingerprint density at radius 1 is 1.32 bits per heavy atom. The monoisotopic (exact) mass is 346 g/mol. The molecule has 2 N–H and O–H groups in total. The van der Waals surface area contributed by atoms with E-state index in [-0.39, 0.29) is 17.7 Å². The van der Waals surface area contributed by atoms with Gasteiger partial charge in [0.1, 0.15) is 5.82 Å². The van der Waals surface area contributed by atoms with Gasteiger partial charge in [-0.15, -0.1) is 0 Å². The van der Waals surface area contributed by atoms with E-state index in [1.54, 1.807) is 18.2 Å². The minimum absolute atomic E-state index is 0.203. The number of ether oxygens (including phenoxy) is 2. The fourth-order valence-corrected chi connectivity index (χ4v) is 2.90. The molecule has 1 fully saturated rings. The molecule has 0 aliphatic carbocycles. The molecule has 2 aromatic rings. The molecule has 2 heterocycles. The minimum Gasteiger partial charge on any atom is -0.481 e. The summed E-state index contributed by atoms with van der Waals surface area (Å²) in [5.41, 5.74) is 5.08. The van der Waals surface area contributed by atoms with Gasteiger partial charge in [-0.1, -0.05) is 12.1 Å². The Balaban J connectivity index is 1.80. The normalized spacial score (nSPS) is 16.1. The summed E-state index contributed by atoms with van der Waals surface area (Å²) in [7, 11) is 1.49. The Morgan fingerprint density at radius 2 is 2.12 bits per heavy atom. The van der Waals surface area contributed by atoms with Gasteiger partial charge in [0.05, 0.1) is 12.5 Å². The fourth-order valence-electron chi connectivity index (χ4n) is 2.90. The number of anilines is 1. The first-order valence-corrected chi connectivity index (χ1v) is 7.91. The molecule has 0 bridgehead atoms. The highest BCUT2D eigenvalue weighted by atomic mass is 19.1. The van der Waals surface area contributed by atoms with E-state index in [2.05, 4.69) is 20.8 Å². The van der Waals surface area contributed by atoms with Crippen LogP contribution in [0.2, 0.25) is 0 Å². The Bertz CT molecular complexity index is 750. The molecule has 0 spiro atoms. The Labute approximate surface area is 144 Å². The quantitative estimate of drug-likeness (QED) is 0.803. The van der Waals surface area contributed by atoms with E-state index in [1.165, 1.54) is 25.4 Å². The second-order valence-electron chi connectivity index (χ2n) is 5.71. The Morgan fingerprint density at radius 3 is 2.84 bits per heavy atom. The van der Waals surface area contributed by atoms with E-state index in [4.69, 9.17) is 9.47 Å². The summed E-state index contributed by atoms with van der Waals surface area (Å²) in [6.07, 6.45) is 2.43. The number of nitrogens with zero attached hydrogens (tertiary/aromatic N) is 2. The number of hydrazine groups is 1. The maximum Gasteiger partial charge on any atom is 0.249 e. The van der Waals surface area contributed by atoms with E-state index in [9.17, 15) is 9.18 Å². The summed E-state index contributed by atoms with van der Waals surface area (Å²) in [4.78, 5) is 21.0. The largest absolute Gasteiger partial charge is 0.481 e. The second-order valence-corrected chi connectivity index (χ2v) is 5.71. The summed E-state index contributed by atoms with van der Waals surface area (Å²) in [5, 5.41) is 0. The van der Waals surface area contributed by atoms with Crippen molar-refractivity contribution in [3.05, 3.63) is 47.9 Å². The van der Waals surface area contributed by atoms with Crippen molar-refractivity contribution in [1.29, 1.82) is 0 Å². The number of hydrogen-bond acceptors (Lipinski definition) is 6. The summed E-state index contributed by atoms with van der Waals surface area (Å²) in [6.45, 7) is 0.860. The van der Waals surface area contributed by atoms with E-state index < -0.39 is 5.41 Å². The summed E-state index contributed by atoms with van der Waals surface area (Å²) in [5.74, 6) is -0.0834. The summed E-state index contributed by atoms with van der Waals surface area (Å²) < 4.78 is 24.1. The topological polar surface area (TPSA) is 85.4 Å². The van der Waals surface area contributed by atoms with Crippen LogP contribution in [-0.2, 0) is 14.9 Å². The molecule has 1 aromatic carbocycles. The number of nitrogens with one attached hydrogen (secondary N) is 2. The van der Waals surface area contributed by atoms with Gasteiger partial charge in [0.15, 0.2) is 0 Å². The van der Waals surface area contributed by atoms with E-state index >= 15 is 0 Å². The van der Waals surface area contributed by atoms with Gasteiger partial charge in [0, 0.05) is 25.5 Å². The van der Waals surface area contributed by atoms with E-state index in [0.717, 1.165) is 0 Å². The minimum atomic E-state index is -0.869. The first-order valence-electron chi connectivity index (χ1n) is 7.91. The molecule has 1 aromatic heterocycles. The van der Waals surface area contributed by atoms with Gasteiger partial charge >= 0.3 is 0 Å². The van der Waals surface area contributed by atoms with Crippen molar-refractivity contribution in [3.63, 3.8) is 0 Å². The molecule has 0 radical (unpaired) electrons. The number of rotatable bonds is 5. The average molecular weight is 346 g/mol. The zero-order valence-corrected chi connectivity index (χ0v) is 13.8. The van der Waals surface area contributed by atoms with Crippen LogP contribution >= 0.6 is 0 Å². The van der Waals surface area contributed by atoms with Gasteiger partial charge in [-0.25, -0.2) is 9.37 Å². The van der Waals surface area contributed by atoms with Gasteiger partial charge in [-0.3, -0.25) is 15.6 Å². The van der Waals surface area contributed by atoms with Gasteiger partial charge in [0.2, 0.25) is 17.7 Å². The zero-order valence-electron chi connectivity index (χ0n) is 13.8.